The van der Waals surface area contributed by atoms with Gasteiger partial charge in [0.1, 0.15) is 17.6 Å². The monoisotopic (exact) mass is 259 g/mol. The molecule has 0 saturated carbocycles. The molecule has 0 N–H and O–H groups in total. The second kappa shape index (κ2) is 5.07. The number of ether oxygens (including phenoxy) is 1. The molecule has 0 bridgehead atoms. The molecule has 0 spiro atoms. The second-order valence-corrected chi connectivity index (χ2v) is 4.69. The minimum absolute atomic E-state index is 0.545. The van der Waals surface area contributed by atoms with E-state index in [-0.39, 0.29) is 0 Å². The summed E-state index contributed by atoms with van der Waals surface area (Å²) >= 11 is 0. The maximum Gasteiger partial charge on any atom is 0.145 e. The Morgan fingerprint density at radius 1 is 0.900 bits per heavy atom. The lowest BCUT2D eigenvalue weighted by atomic mass is 10.1. The molecule has 20 heavy (non-hydrogen) atoms. The first-order valence-electron chi connectivity index (χ1n) is 6.44. The van der Waals surface area contributed by atoms with Crippen molar-refractivity contribution in [2.75, 3.05) is 0 Å². The molecule has 3 rings (SSSR count). The number of aryl methyl sites for hydroxylation is 1. The minimum Gasteiger partial charge on any atom is -0.455 e. The lowest BCUT2D eigenvalue weighted by Gasteiger charge is -2.10. The van der Waals surface area contributed by atoms with Gasteiger partial charge in [-0.05, 0) is 36.1 Å². The fourth-order valence-electron chi connectivity index (χ4n) is 2.21. The molecular formula is C18H13NO. The van der Waals surface area contributed by atoms with E-state index in [0.717, 1.165) is 22.1 Å². The third kappa shape index (κ3) is 2.22. The molecular weight excluding hydrogens is 246 g/mol. The highest BCUT2D eigenvalue weighted by molar-refractivity contribution is 5.88. The average molecular weight is 259 g/mol. The molecule has 2 heteroatoms. The topological polar surface area (TPSA) is 33.0 Å². The largest absolute Gasteiger partial charge is 0.455 e. The molecule has 0 aliphatic carbocycles. The van der Waals surface area contributed by atoms with E-state index < -0.39 is 0 Å². The summed E-state index contributed by atoms with van der Waals surface area (Å²) in [5.74, 6) is 1.37. The Balaban J connectivity index is 2.10. The molecule has 0 unspecified atom stereocenters. The van der Waals surface area contributed by atoms with Crippen molar-refractivity contribution in [2.45, 2.75) is 6.92 Å². The van der Waals surface area contributed by atoms with E-state index >= 15 is 0 Å². The first-order valence-corrected chi connectivity index (χ1v) is 6.44. The molecule has 3 aromatic rings. The van der Waals surface area contributed by atoms with Crippen molar-refractivity contribution in [3.63, 3.8) is 0 Å². The van der Waals surface area contributed by atoms with E-state index in [1.54, 1.807) is 6.07 Å². The van der Waals surface area contributed by atoms with E-state index in [0.29, 0.717) is 11.3 Å². The van der Waals surface area contributed by atoms with Crippen molar-refractivity contribution >= 4 is 10.8 Å². The van der Waals surface area contributed by atoms with Crippen molar-refractivity contribution in [1.82, 2.24) is 0 Å². The van der Waals surface area contributed by atoms with Crippen LogP contribution in [0.1, 0.15) is 11.1 Å². The number of hydrogen-bond donors (Lipinski definition) is 0. The smallest absolute Gasteiger partial charge is 0.145 e. The first kappa shape index (κ1) is 12.3. The molecule has 0 radical (unpaired) electrons. The fourth-order valence-corrected chi connectivity index (χ4v) is 2.21. The summed E-state index contributed by atoms with van der Waals surface area (Å²) < 4.78 is 5.97. The van der Waals surface area contributed by atoms with Gasteiger partial charge in [0.2, 0.25) is 0 Å². The van der Waals surface area contributed by atoms with Crippen LogP contribution in [0.15, 0.2) is 60.7 Å². The number of benzene rings is 3. The first-order chi connectivity index (χ1) is 9.78. The van der Waals surface area contributed by atoms with Crippen LogP contribution in [0.4, 0.5) is 0 Å². The zero-order valence-electron chi connectivity index (χ0n) is 11.1. The quantitative estimate of drug-likeness (QED) is 0.661. The van der Waals surface area contributed by atoms with Gasteiger partial charge in [0.25, 0.3) is 0 Å². The minimum atomic E-state index is 0.545. The summed E-state index contributed by atoms with van der Waals surface area (Å²) in [6.07, 6.45) is 0. The molecule has 0 saturated heterocycles. The summed E-state index contributed by atoms with van der Waals surface area (Å²) in [6, 6.07) is 21.7. The van der Waals surface area contributed by atoms with Gasteiger partial charge in [0, 0.05) is 5.39 Å². The second-order valence-electron chi connectivity index (χ2n) is 4.69. The zero-order chi connectivity index (χ0) is 13.9. The van der Waals surface area contributed by atoms with Gasteiger partial charge in [-0.15, -0.1) is 0 Å². The maximum absolute atomic E-state index is 9.17. The summed E-state index contributed by atoms with van der Waals surface area (Å²) in [7, 11) is 0. The third-order valence-corrected chi connectivity index (χ3v) is 3.23. The van der Waals surface area contributed by atoms with Gasteiger partial charge in [0.15, 0.2) is 0 Å². The number of rotatable bonds is 2. The molecule has 96 valence electrons. The third-order valence-electron chi connectivity index (χ3n) is 3.23. The Kier molecular flexibility index (Phi) is 3.10. The van der Waals surface area contributed by atoms with Gasteiger partial charge < -0.3 is 4.74 Å². The number of hydrogen-bond acceptors (Lipinski definition) is 2. The van der Waals surface area contributed by atoms with E-state index in [1.807, 2.05) is 61.5 Å². The molecule has 0 aliphatic heterocycles. The van der Waals surface area contributed by atoms with Crippen LogP contribution in [0.3, 0.4) is 0 Å². The van der Waals surface area contributed by atoms with Crippen molar-refractivity contribution in [1.29, 1.82) is 5.26 Å². The van der Waals surface area contributed by atoms with Crippen molar-refractivity contribution in [2.24, 2.45) is 0 Å². The van der Waals surface area contributed by atoms with Crippen LogP contribution in [0.25, 0.3) is 10.8 Å². The predicted molar refractivity (Wildman–Crippen MR) is 79.9 cm³/mol. The van der Waals surface area contributed by atoms with Crippen LogP contribution >= 0.6 is 0 Å². The van der Waals surface area contributed by atoms with Gasteiger partial charge in [0.05, 0.1) is 5.56 Å². The summed E-state index contributed by atoms with van der Waals surface area (Å²) in [5.41, 5.74) is 1.61. The number of fused-ring (bicyclic) bond motifs is 1. The molecule has 0 fully saturated rings. The fraction of sp³-hybridized carbons (Fsp3) is 0.0556. The highest BCUT2D eigenvalue weighted by Crippen LogP contribution is 2.31. The van der Waals surface area contributed by atoms with Gasteiger partial charge in [-0.3, -0.25) is 0 Å². The van der Waals surface area contributed by atoms with Crippen LogP contribution in [-0.2, 0) is 0 Å². The zero-order valence-corrected chi connectivity index (χ0v) is 11.1. The molecule has 0 heterocycles. The lowest BCUT2D eigenvalue weighted by Crippen LogP contribution is -1.90. The van der Waals surface area contributed by atoms with Crippen molar-refractivity contribution in [3.8, 4) is 17.6 Å². The van der Waals surface area contributed by atoms with E-state index in [9.17, 15) is 5.26 Å². The Hall–Kier alpha value is -2.79. The van der Waals surface area contributed by atoms with Gasteiger partial charge in [-0.25, -0.2) is 0 Å². The van der Waals surface area contributed by atoms with E-state index in [1.165, 1.54) is 0 Å². The Morgan fingerprint density at radius 3 is 2.55 bits per heavy atom. The Labute approximate surface area is 117 Å². The molecule has 3 aromatic carbocycles. The maximum atomic E-state index is 9.17. The Bertz CT molecular complexity index is 810. The van der Waals surface area contributed by atoms with Crippen LogP contribution < -0.4 is 4.74 Å². The van der Waals surface area contributed by atoms with Gasteiger partial charge >= 0.3 is 0 Å². The molecule has 0 amide bonds. The van der Waals surface area contributed by atoms with Gasteiger partial charge in [-0.2, -0.15) is 5.26 Å². The SMILES string of the molecule is Cc1ccc(C#N)c(Oc2cccc3ccccc23)c1. The number of nitrogens with zero attached hydrogens (tertiary/aromatic N) is 1. The van der Waals surface area contributed by atoms with Gasteiger partial charge in [-0.1, -0.05) is 42.5 Å². The van der Waals surface area contributed by atoms with Crippen molar-refractivity contribution in [3.05, 3.63) is 71.8 Å². The molecule has 2 nitrogen and oxygen atoms in total. The van der Waals surface area contributed by atoms with Crippen LogP contribution in [-0.4, -0.2) is 0 Å². The highest BCUT2D eigenvalue weighted by atomic mass is 16.5. The van der Waals surface area contributed by atoms with E-state index in [4.69, 9.17) is 4.74 Å². The standard InChI is InChI=1S/C18H13NO/c1-13-9-10-15(12-19)18(11-13)20-17-8-4-6-14-5-2-3-7-16(14)17/h2-11H,1H3. The predicted octanol–water partition coefficient (Wildman–Crippen LogP) is 4.81. The van der Waals surface area contributed by atoms with Crippen LogP contribution in [0.2, 0.25) is 0 Å². The summed E-state index contributed by atoms with van der Waals surface area (Å²) in [5, 5.41) is 11.3. The highest BCUT2D eigenvalue weighted by Gasteiger charge is 2.07. The molecule has 0 aliphatic rings. The van der Waals surface area contributed by atoms with Crippen LogP contribution in [0, 0.1) is 18.3 Å². The normalized spacial score (nSPS) is 10.2. The Morgan fingerprint density at radius 2 is 1.70 bits per heavy atom. The summed E-state index contributed by atoms with van der Waals surface area (Å²) in [6.45, 7) is 1.98. The number of nitriles is 1. The van der Waals surface area contributed by atoms with Crippen LogP contribution in [0.5, 0.6) is 11.5 Å². The molecule has 0 aromatic heterocycles. The average Bonchev–Trinajstić information content (AvgIpc) is 2.48. The molecule has 0 atom stereocenters. The lowest BCUT2D eigenvalue weighted by molar-refractivity contribution is 0.486. The van der Waals surface area contributed by atoms with Crippen molar-refractivity contribution < 1.29 is 4.74 Å². The van der Waals surface area contributed by atoms with E-state index in [2.05, 4.69) is 6.07 Å². The summed E-state index contributed by atoms with van der Waals surface area (Å²) in [4.78, 5) is 0.